The molecule has 1 aromatic carbocycles. The highest BCUT2D eigenvalue weighted by molar-refractivity contribution is 7.91. The van der Waals surface area contributed by atoms with E-state index < -0.39 is 58.7 Å². The molecule has 2 atom stereocenters. The van der Waals surface area contributed by atoms with Crippen molar-refractivity contribution < 1.29 is 46.2 Å². The number of benzene rings is 1. The Kier molecular flexibility index (Phi) is 8.51. The summed E-state index contributed by atoms with van der Waals surface area (Å²) >= 11 is 0. The Morgan fingerprint density at radius 2 is 1.92 bits per heavy atom. The van der Waals surface area contributed by atoms with Crippen molar-refractivity contribution in [1.82, 2.24) is 4.90 Å². The SMILES string of the molecule is CC(=O)N(C[C@H]1CN(c2ccc(C3CCS(=O)(=O)CC3)c(F)c2)C(=O)O1)C(=O)OCOC(=O)[C@H](C)N. The zero-order chi connectivity index (χ0) is 26.6. The van der Waals surface area contributed by atoms with E-state index in [-0.39, 0.29) is 36.2 Å². The fraction of sp³-hybridized carbons (Fsp3) is 0.545. The van der Waals surface area contributed by atoms with Crippen molar-refractivity contribution in [2.45, 2.75) is 44.8 Å². The lowest BCUT2D eigenvalue weighted by Crippen LogP contribution is -2.42. The first-order valence-corrected chi connectivity index (χ1v) is 13.0. The van der Waals surface area contributed by atoms with Gasteiger partial charge in [-0.05, 0) is 43.4 Å². The van der Waals surface area contributed by atoms with Crippen LogP contribution in [-0.4, -0.2) is 80.9 Å². The first-order chi connectivity index (χ1) is 16.9. The number of anilines is 1. The van der Waals surface area contributed by atoms with Crippen LogP contribution in [0.25, 0.3) is 0 Å². The molecule has 12 nitrogen and oxygen atoms in total. The van der Waals surface area contributed by atoms with Crippen LogP contribution in [0.15, 0.2) is 18.2 Å². The lowest BCUT2D eigenvalue weighted by atomic mass is 9.93. The maximum atomic E-state index is 14.9. The molecular weight excluding hydrogens is 501 g/mol. The van der Waals surface area contributed by atoms with Crippen LogP contribution < -0.4 is 10.6 Å². The summed E-state index contributed by atoms with van der Waals surface area (Å²) in [5.41, 5.74) is 5.93. The molecule has 0 bridgehead atoms. The smallest absolute Gasteiger partial charge is 0.419 e. The quantitative estimate of drug-likeness (QED) is 0.402. The van der Waals surface area contributed by atoms with E-state index in [1.165, 1.54) is 25.1 Å². The van der Waals surface area contributed by atoms with Gasteiger partial charge in [0.1, 0.15) is 27.8 Å². The summed E-state index contributed by atoms with van der Waals surface area (Å²) in [6.45, 7) is 1.32. The van der Waals surface area contributed by atoms with Gasteiger partial charge in [-0.3, -0.25) is 14.5 Å². The highest BCUT2D eigenvalue weighted by Gasteiger charge is 2.36. The van der Waals surface area contributed by atoms with Crippen LogP contribution >= 0.6 is 0 Å². The molecule has 2 aliphatic rings. The minimum atomic E-state index is -3.09. The van der Waals surface area contributed by atoms with Crippen LogP contribution in [0, 0.1) is 5.82 Å². The van der Waals surface area contributed by atoms with Crippen LogP contribution in [0.4, 0.5) is 19.7 Å². The molecule has 198 valence electrons. The van der Waals surface area contributed by atoms with Gasteiger partial charge in [0.2, 0.25) is 12.7 Å². The van der Waals surface area contributed by atoms with Crippen LogP contribution in [0.1, 0.15) is 38.2 Å². The highest BCUT2D eigenvalue weighted by atomic mass is 32.2. The van der Waals surface area contributed by atoms with Crippen molar-refractivity contribution in [3.8, 4) is 0 Å². The van der Waals surface area contributed by atoms with Crippen molar-refractivity contribution in [2.75, 3.05) is 36.3 Å². The lowest BCUT2D eigenvalue weighted by molar-refractivity contribution is -0.153. The van der Waals surface area contributed by atoms with Crippen molar-refractivity contribution in [1.29, 1.82) is 0 Å². The highest BCUT2D eigenvalue weighted by Crippen LogP contribution is 2.33. The number of amides is 3. The molecule has 0 unspecified atom stereocenters. The minimum absolute atomic E-state index is 0.00263. The van der Waals surface area contributed by atoms with E-state index in [9.17, 15) is 32.0 Å². The Morgan fingerprint density at radius 3 is 2.50 bits per heavy atom. The van der Waals surface area contributed by atoms with E-state index in [2.05, 4.69) is 4.74 Å². The van der Waals surface area contributed by atoms with E-state index >= 15 is 0 Å². The Labute approximate surface area is 207 Å². The average Bonchev–Trinajstić information content (AvgIpc) is 3.17. The van der Waals surface area contributed by atoms with Gasteiger partial charge in [0.15, 0.2) is 0 Å². The first kappa shape index (κ1) is 27.3. The van der Waals surface area contributed by atoms with Gasteiger partial charge in [-0.15, -0.1) is 0 Å². The molecule has 36 heavy (non-hydrogen) atoms. The third kappa shape index (κ3) is 6.69. The van der Waals surface area contributed by atoms with Gasteiger partial charge in [0.05, 0.1) is 30.3 Å². The molecule has 0 aliphatic carbocycles. The summed E-state index contributed by atoms with van der Waals surface area (Å²) in [5.74, 6) is -2.29. The molecule has 0 saturated carbocycles. The molecule has 2 aliphatic heterocycles. The molecule has 2 heterocycles. The molecule has 0 aromatic heterocycles. The monoisotopic (exact) mass is 529 g/mol. The number of cyclic esters (lactones) is 1. The number of nitrogens with two attached hydrogens (primary N) is 1. The normalized spacial score (nSPS) is 20.4. The summed E-state index contributed by atoms with van der Waals surface area (Å²) in [4.78, 5) is 49.8. The fourth-order valence-electron chi connectivity index (χ4n) is 3.93. The average molecular weight is 530 g/mol. The third-order valence-electron chi connectivity index (χ3n) is 5.91. The maximum absolute atomic E-state index is 14.9. The number of nitrogens with zero attached hydrogens (tertiary/aromatic N) is 2. The van der Waals surface area contributed by atoms with Gasteiger partial charge in [-0.2, -0.15) is 0 Å². The number of hydrogen-bond donors (Lipinski definition) is 1. The van der Waals surface area contributed by atoms with Crippen molar-refractivity contribution >= 4 is 39.6 Å². The van der Waals surface area contributed by atoms with Crippen LogP contribution in [0.2, 0.25) is 0 Å². The summed E-state index contributed by atoms with van der Waals surface area (Å²) in [6.07, 6.45) is -2.17. The summed E-state index contributed by atoms with van der Waals surface area (Å²) in [6, 6.07) is 3.31. The Bertz CT molecular complexity index is 1130. The van der Waals surface area contributed by atoms with Crippen molar-refractivity contribution in [2.24, 2.45) is 5.73 Å². The number of rotatable bonds is 7. The summed E-state index contributed by atoms with van der Waals surface area (Å²) < 4.78 is 52.8. The molecule has 0 radical (unpaired) electrons. The topological polar surface area (TPSA) is 163 Å². The fourth-order valence-corrected chi connectivity index (χ4v) is 5.42. The van der Waals surface area contributed by atoms with Gasteiger partial charge >= 0.3 is 18.2 Å². The van der Waals surface area contributed by atoms with E-state index in [0.29, 0.717) is 23.3 Å². The predicted octanol–water partition coefficient (Wildman–Crippen LogP) is 1.28. The Hall–Kier alpha value is -3.26. The van der Waals surface area contributed by atoms with Gasteiger partial charge in [-0.25, -0.2) is 27.3 Å². The van der Waals surface area contributed by atoms with Gasteiger partial charge in [-0.1, -0.05) is 6.07 Å². The number of halogens is 1. The number of carbonyl (C=O) groups is 4. The molecule has 2 fully saturated rings. The number of hydrogen-bond acceptors (Lipinski definition) is 10. The van der Waals surface area contributed by atoms with Crippen LogP contribution in [0.3, 0.4) is 0 Å². The molecule has 1 aromatic rings. The lowest BCUT2D eigenvalue weighted by Gasteiger charge is -2.23. The molecule has 2 saturated heterocycles. The molecule has 0 spiro atoms. The Balaban J connectivity index is 1.61. The number of carbonyl (C=O) groups excluding carboxylic acids is 4. The number of ether oxygens (including phenoxy) is 3. The number of imide groups is 1. The predicted molar refractivity (Wildman–Crippen MR) is 123 cm³/mol. The van der Waals surface area contributed by atoms with Gasteiger partial charge in [0.25, 0.3) is 0 Å². The van der Waals surface area contributed by atoms with Crippen molar-refractivity contribution in [3.05, 3.63) is 29.6 Å². The van der Waals surface area contributed by atoms with Gasteiger partial charge < -0.3 is 19.9 Å². The van der Waals surface area contributed by atoms with E-state index in [1.807, 2.05) is 0 Å². The molecule has 3 rings (SSSR count). The molecule has 14 heteroatoms. The second kappa shape index (κ2) is 11.2. The number of esters is 1. The van der Waals surface area contributed by atoms with Crippen LogP contribution in [0.5, 0.6) is 0 Å². The largest absolute Gasteiger partial charge is 0.442 e. The zero-order valence-electron chi connectivity index (χ0n) is 19.8. The molecular formula is C22H28FN3O9S. The molecule has 2 N–H and O–H groups in total. The second-order valence-corrected chi connectivity index (χ2v) is 11.0. The number of sulfone groups is 1. The summed E-state index contributed by atoms with van der Waals surface area (Å²) in [5, 5.41) is 0. The second-order valence-electron chi connectivity index (χ2n) is 8.66. The minimum Gasteiger partial charge on any atom is -0.442 e. The van der Waals surface area contributed by atoms with Gasteiger partial charge in [0, 0.05) is 6.92 Å². The molecule has 3 amide bonds. The Morgan fingerprint density at radius 1 is 1.25 bits per heavy atom. The van der Waals surface area contributed by atoms with E-state index in [4.69, 9.17) is 15.2 Å². The zero-order valence-corrected chi connectivity index (χ0v) is 20.7. The van der Waals surface area contributed by atoms with E-state index in [0.717, 1.165) is 11.8 Å². The standard InChI is InChI=1S/C22H28FN3O9S/c1-13(24)20(28)33-12-34-21(29)25(14(2)27)10-17-11-26(22(30)35-17)16-3-4-18(19(23)9-16)15-5-7-36(31,32)8-6-15/h3-4,9,13,15,17H,5-8,10-12,24H2,1-2H3/t13-,17-/m0/s1. The third-order valence-corrected chi connectivity index (χ3v) is 7.62. The van der Waals surface area contributed by atoms with E-state index in [1.54, 1.807) is 0 Å². The maximum Gasteiger partial charge on any atom is 0.419 e. The summed E-state index contributed by atoms with van der Waals surface area (Å²) in [7, 11) is -3.09. The van der Waals surface area contributed by atoms with Crippen LogP contribution in [-0.2, 0) is 33.6 Å². The first-order valence-electron chi connectivity index (χ1n) is 11.2. The van der Waals surface area contributed by atoms with Crippen molar-refractivity contribution in [3.63, 3.8) is 0 Å².